The maximum Gasteiger partial charge on any atom is 0.274 e. The van der Waals surface area contributed by atoms with Crippen LogP contribution >= 0.6 is 0 Å². The van der Waals surface area contributed by atoms with E-state index in [1.807, 2.05) is 0 Å². The van der Waals surface area contributed by atoms with Crippen molar-refractivity contribution in [2.45, 2.75) is 51.5 Å². The molecule has 2 aliphatic rings. The van der Waals surface area contributed by atoms with Gasteiger partial charge in [0.2, 0.25) is 20.0 Å². The summed E-state index contributed by atoms with van der Waals surface area (Å²) in [4.78, 5) is 42.7. The average molecular weight is 934 g/mol. The average Bonchev–Trinajstić information content (AvgIpc) is 3.29. The molecular weight excluding hydrogens is 889 g/mol. The second kappa shape index (κ2) is 19.6. The van der Waals surface area contributed by atoms with Crippen LogP contribution in [0.15, 0.2) is 73.1 Å². The number of benzene rings is 2. The van der Waals surface area contributed by atoms with E-state index in [0.29, 0.717) is 66.4 Å². The zero-order valence-corrected chi connectivity index (χ0v) is 37.0. The highest BCUT2D eigenvalue weighted by Crippen LogP contribution is 2.36. The van der Waals surface area contributed by atoms with Crippen LogP contribution in [0.1, 0.15) is 70.6 Å². The summed E-state index contributed by atoms with van der Waals surface area (Å²) in [5, 5.41) is 24.6. The maximum absolute atomic E-state index is 13.7. The zero-order chi connectivity index (χ0) is 46.5. The van der Waals surface area contributed by atoms with Gasteiger partial charge in [-0.2, -0.15) is 0 Å². The van der Waals surface area contributed by atoms with Crippen LogP contribution in [0.25, 0.3) is 21.8 Å². The zero-order valence-electron chi connectivity index (χ0n) is 35.3. The van der Waals surface area contributed by atoms with Gasteiger partial charge in [0, 0.05) is 67.9 Å². The van der Waals surface area contributed by atoms with E-state index < -0.39 is 54.9 Å². The molecule has 0 fully saturated rings. The molecule has 0 unspecified atom stereocenters. The van der Waals surface area contributed by atoms with Crippen molar-refractivity contribution in [3.8, 4) is 23.0 Å². The number of ketones is 1. The number of anilines is 2. The smallest absolute Gasteiger partial charge is 0.274 e. The minimum Gasteiger partial charge on any atom is -0.504 e. The van der Waals surface area contributed by atoms with Crippen LogP contribution in [0.3, 0.4) is 0 Å². The van der Waals surface area contributed by atoms with Gasteiger partial charge >= 0.3 is 0 Å². The lowest BCUT2D eigenvalue weighted by Crippen LogP contribution is -2.31. The number of amides is 1. The molecule has 0 atom stereocenters. The standard InChI is InChI=1S/C23H24FN3O5S.C21H21FN4O5S/c1-27-23-17-6-5-11-25-20(17)22(29)21(26-23)18(28)10-8-15-7-9-16(24)14-19(15)32-12-3-2-4-13-33(27,30)31;1-26-20-15-5-4-8-23-17(15)19(27)18(25-20)21(28)24-12-13-6-7-14(22)11-16(13)31-9-2-3-10-32(26,29)30/h5-7,9,11,14,29H,2-4,8,10,12-13H2,1H3;4-8,11,27H,2-3,9-10,12H2,1H3,(H,24,28). The first-order chi connectivity index (χ1) is 31.1. The number of pyridine rings is 4. The Morgan fingerprint density at radius 3 is 1.72 bits per heavy atom. The van der Waals surface area contributed by atoms with Gasteiger partial charge in [-0.25, -0.2) is 35.6 Å². The van der Waals surface area contributed by atoms with E-state index in [4.69, 9.17) is 9.47 Å². The van der Waals surface area contributed by atoms with Gasteiger partial charge in [0.15, 0.2) is 40.3 Å². The third kappa shape index (κ3) is 10.3. The SMILES string of the molecule is CN1c2nc(c(O)c3ncccc23)C(=O)CCc2ccc(F)cc2OCCCCCS1(=O)=O.CN1c2nc(c(O)c3ncccc23)C(=O)NCc2ccc(F)cc2OCCCCS1(=O)=O. The largest absolute Gasteiger partial charge is 0.504 e. The lowest BCUT2D eigenvalue weighted by molar-refractivity contribution is 0.0941. The third-order valence-electron chi connectivity index (χ3n) is 10.8. The number of aromatic nitrogens is 4. The lowest BCUT2D eigenvalue weighted by Gasteiger charge is -2.21. The van der Waals surface area contributed by atoms with Crippen molar-refractivity contribution in [3.63, 3.8) is 0 Å². The lowest BCUT2D eigenvalue weighted by atomic mass is 10.0. The number of hydrogen-bond donors (Lipinski definition) is 3. The number of aromatic hydroxyl groups is 2. The molecule has 65 heavy (non-hydrogen) atoms. The van der Waals surface area contributed by atoms with E-state index >= 15 is 0 Å². The monoisotopic (exact) mass is 933 g/mol. The number of fused-ring (bicyclic) bond motifs is 10. The van der Waals surface area contributed by atoms with Gasteiger partial charge in [-0.3, -0.25) is 28.2 Å². The molecule has 4 bridgehead atoms. The Morgan fingerprint density at radius 1 is 0.646 bits per heavy atom. The van der Waals surface area contributed by atoms with Crippen molar-refractivity contribution in [1.29, 1.82) is 0 Å². The van der Waals surface area contributed by atoms with Gasteiger partial charge in [-0.05, 0) is 80.5 Å². The Kier molecular flexibility index (Phi) is 13.9. The summed E-state index contributed by atoms with van der Waals surface area (Å²) in [6.45, 7) is 0.473. The molecule has 2 aromatic carbocycles. The van der Waals surface area contributed by atoms with Crippen LogP contribution < -0.4 is 23.4 Å². The number of rotatable bonds is 0. The molecule has 6 aromatic rings. The summed E-state index contributed by atoms with van der Waals surface area (Å²) < 4.78 is 92.6. The summed E-state index contributed by atoms with van der Waals surface area (Å²) in [6, 6.07) is 14.5. The van der Waals surface area contributed by atoms with E-state index in [1.165, 1.54) is 56.8 Å². The van der Waals surface area contributed by atoms with Gasteiger partial charge in [-0.1, -0.05) is 12.1 Å². The molecule has 0 saturated heterocycles. The fourth-order valence-corrected chi connectivity index (χ4v) is 9.69. The molecule has 0 aliphatic carbocycles. The van der Waals surface area contributed by atoms with Crippen LogP contribution in [-0.4, -0.2) is 97.5 Å². The van der Waals surface area contributed by atoms with Crippen molar-refractivity contribution in [2.75, 3.05) is 47.4 Å². The molecule has 2 aliphatic heterocycles. The molecule has 8 rings (SSSR count). The molecule has 0 spiro atoms. The number of aryl methyl sites for hydroxylation is 1. The summed E-state index contributed by atoms with van der Waals surface area (Å²) in [6.07, 6.45) is 5.38. The Hall–Kier alpha value is -6.74. The predicted octanol–water partition coefficient (Wildman–Crippen LogP) is 5.96. The molecule has 17 nitrogen and oxygen atoms in total. The van der Waals surface area contributed by atoms with Gasteiger partial charge in [0.05, 0.1) is 24.7 Å². The van der Waals surface area contributed by atoms with Crippen LogP contribution in [0.4, 0.5) is 20.4 Å². The number of carbonyl (C=O) groups is 2. The number of ether oxygens (including phenoxy) is 2. The first-order valence-electron chi connectivity index (χ1n) is 20.6. The van der Waals surface area contributed by atoms with Crippen LogP contribution in [0, 0.1) is 11.6 Å². The number of nitrogens with one attached hydrogen (secondary N) is 1. The second-order valence-corrected chi connectivity index (χ2v) is 19.4. The number of nitrogens with zero attached hydrogens (tertiary/aromatic N) is 6. The van der Waals surface area contributed by atoms with Crippen LogP contribution in [-0.2, 0) is 33.0 Å². The fourth-order valence-electron chi connectivity index (χ4n) is 7.20. The molecule has 21 heteroatoms. The topological polar surface area (TPSA) is 231 Å². The van der Waals surface area contributed by atoms with Crippen molar-refractivity contribution in [1.82, 2.24) is 25.3 Å². The van der Waals surface area contributed by atoms with E-state index in [9.17, 15) is 45.4 Å². The summed E-state index contributed by atoms with van der Waals surface area (Å²) in [7, 11) is -4.81. The van der Waals surface area contributed by atoms with Gasteiger partial charge in [-0.15, -0.1) is 0 Å². The number of sulfonamides is 2. The molecular formula is C44H45F2N7O10S2. The molecule has 0 radical (unpaired) electrons. The summed E-state index contributed by atoms with van der Waals surface area (Å²) >= 11 is 0. The van der Waals surface area contributed by atoms with Crippen molar-refractivity contribution in [2.24, 2.45) is 0 Å². The van der Waals surface area contributed by atoms with Crippen LogP contribution in [0.5, 0.6) is 23.0 Å². The second-order valence-electron chi connectivity index (χ2n) is 15.2. The first kappa shape index (κ1) is 46.3. The van der Waals surface area contributed by atoms with E-state index in [2.05, 4.69) is 25.3 Å². The molecule has 342 valence electrons. The number of halogens is 2. The molecule has 0 saturated carbocycles. The van der Waals surface area contributed by atoms with Crippen molar-refractivity contribution >= 4 is 65.2 Å². The highest BCUT2D eigenvalue weighted by molar-refractivity contribution is 7.93. The number of Topliss-reactive ketones (excluding diaryl/α,β-unsaturated/α-hetero) is 1. The normalized spacial score (nSPS) is 17.2. The third-order valence-corrected chi connectivity index (χ3v) is 14.4. The van der Waals surface area contributed by atoms with Crippen molar-refractivity contribution in [3.05, 3.63) is 107 Å². The number of carbonyl (C=O) groups excluding carboxylic acids is 2. The minimum absolute atomic E-state index is 0.00959. The maximum atomic E-state index is 13.7. The highest BCUT2D eigenvalue weighted by Gasteiger charge is 2.29. The fraction of sp³-hybridized carbons (Fsp3) is 0.318. The van der Waals surface area contributed by atoms with E-state index in [-0.39, 0.29) is 77.3 Å². The molecule has 1 amide bonds. The van der Waals surface area contributed by atoms with Gasteiger partial charge in [0.25, 0.3) is 5.91 Å². The molecule has 3 N–H and O–H groups in total. The minimum atomic E-state index is -3.79. The predicted molar refractivity (Wildman–Crippen MR) is 237 cm³/mol. The van der Waals surface area contributed by atoms with E-state index in [0.717, 1.165) is 8.61 Å². The Bertz CT molecular complexity index is 3020. The van der Waals surface area contributed by atoms with Gasteiger partial charge < -0.3 is 25.0 Å². The Balaban J connectivity index is 0.000000194. The summed E-state index contributed by atoms with van der Waals surface area (Å²) in [5.41, 5.74) is 0.718. The Labute approximate surface area is 373 Å². The number of hydrogen-bond acceptors (Lipinski definition) is 14. The Morgan fingerprint density at radius 2 is 1.14 bits per heavy atom. The molecule has 4 aromatic heterocycles. The summed E-state index contributed by atoms with van der Waals surface area (Å²) in [5.74, 6) is -2.73. The molecule has 6 heterocycles. The van der Waals surface area contributed by atoms with E-state index in [1.54, 1.807) is 30.3 Å². The first-order valence-corrected chi connectivity index (χ1v) is 23.8. The van der Waals surface area contributed by atoms with Gasteiger partial charge in [0.1, 0.15) is 34.2 Å². The van der Waals surface area contributed by atoms with Crippen LogP contribution in [0.2, 0.25) is 0 Å². The van der Waals surface area contributed by atoms with Crippen molar-refractivity contribution < 1.29 is 54.9 Å². The highest BCUT2D eigenvalue weighted by atomic mass is 32.2. The quantitative estimate of drug-likeness (QED) is 0.160.